The number of amides is 1. The van der Waals surface area contributed by atoms with Gasteiger partial charge in [0.1, 0.15) is 11.9 Å². The van der Waals surface area contributed by atoms with Crippen molar-refractivity contribution in [1.29, 1.82) is 0 Å². The molecule has 1 aromatic carbocycles. The third-order valence-corrected chi connectivity index (χ3v) is 5.74. The maximum absolute atomic E-state index is 14.3. The summed E-state index contributed by atoms with van der Waals surface area (Å²) >= 11 is 6.25. The molecule has 9 nitrogen and oxygen atoms in total. The van der Waals surface area contributed by atoms with E-state index in [9.17, 15) is 14.3 Å². The summed E-state index contributed by atoms with van der Waals surface area (Å²) in [6.07, 6.45) is 0.659. The Labute approximate surface area is 188 Å². The number of ether oxygens (including phenoxy) is 1. The molecule has 0 saturated heterocycles. The molecular weight excluding hydrogens is 439 g/mol. The van der Waals surface area contributed by atoms with Gasteiger partial charge in [-0.05, 0) is 26.0 Å². The number of carbonyl (C=O) groups is 1. The number of nitrogen functional groups attached to an aromatic ring is 1. The smallest absolute Gasteiger partial charge is 0.258 e. The lowest BCUT2D eigenvalue weighted by atomic mass is 10.0. The molecule has 32 heavy (non-hydrogen) atoms. The number of aryl methyl sites for hydroxylation is 1. The van der Waals surface area contributed by atoms with E-state index in [0.29, 0.717) is 22.6 Å². The molecule has 3 heterocycles. The Kier molecular flexibility index (Phi) is 5.74. The highest BCUT2D eigenvalue weighted by Gasteiger charge is 2.29. The maximum Gasteiger partial charge on any atom is 0.258 e. The number of hydrogen-bond donors (Lipinski definition) is 2. The molecule has 2 bridgehead atoms. The van der Waals surface area contributed by atoms with Gasteiger partial charge < -0.3 is 20.5 Å². The summed E-state index contributed by atoms with van der Waals surface area (Å²) in [5, 5.41) is 13.8. The van der Waals surface area contributed by atoms with Gasteiger partial charge >= 0.3 is 0 Å². The molecule has 4 rings (SSSR count). The van der Waals surface area contributed by atoms with E-state index in [1.165, 1.54) is 17.2 Å². The summed E-state index contributed by atoms with van der Waals surface area (Å²) in [7, 11) is 1.62. The maximum atomic E-state index is 14.3. The van der Waals surface area contributed by atoms with Gasteiger partial charge in [-0.2, -0.15) is 5.10 Å². The van der Waals surface area contributed by atoms with E-state index < -0.39 is 11.9 Å². The molecule has 0 aliphatic carbocycles. The highest BCUT2D eigenvalue weighted by atomic mass is 35.5. The fraction of sp³-hybridized carbons (Fsp3) is 0.333. The Balaban J connectivity index is 1.99. The second kappa shape index (κ2) is 8.36. The second-order valence-electron chi connectivity index (χ2n) is 7.54. The third-order valence-electron chi connectivity index (χ3n) is 5.36. The van der Waals surface area contributed by atoms with Crippen molar-refractivity contribution in [3.63, 3.8) is 0 Å². The lowest BCUT2D eigenvalue weighted by Crippen LogP contribution is -2.30. The zero-order valence-corrected chi connectivity index (χ0v) is 18.5. The normalized spacial score (nSPS) is 16.0. The number of aromatic nitrogens is 4. The van der Waals surface area contributed by atoms with E-state index in [4.69, 9.17) is 22.1 Å². The molecule has 2 aromatic heterocycles. The van der Waals surface area contributed by atoms with Crippen molar-refractivity contribution in [2.45, 2.75) is 33.0 Å². The topological polar surface area (TPSA) is 119 Å². The number of nitrogens with two attached hydrogens (primary N) is 1. The van der Waals surface area contributed by atoms with Crippen LogP contribution < -0.4 is 10.5 Å². The molecule has 11 heteroatoms. The van der Waals surface area contributed by atoms with Crippen molar-refractivity contribution in [2.24, 2.45) is 0 Å². The summed E-state index contributed by atoms with van der Waals surface area (Å²) in [6, 6.07) is 2.52. The number of aliphatic hydroxyl groups excluding tert-OH is 1. The number of carbonyl (C=O) groups excluding carboxylic acids is 1. The van der Waals surface area contributed by atoms with Crippen molar-refractivity contribution < 1.29 is 19.0 Å². The predicted octanol–water partition coefficient (Wildman–Crippen LogP) is 2.74. The van der Waals surface area contributed by atoms with Gasteiger partial charge in [0.15, 0.2) is 5.82 Å². The molecular formula is C21H22ClFN6O3. The van der Waals surface area contributed by atoms with Crippen LogP contribution in [0.4, 0.5) is 10.2 Å². The highest BCUT2D eigenvalue weighted by Crippen LogP contribution is 2.36. The molecule has 1 aliphatic heterocycles. The molecule has 1 aliphatic rings. The first-order chi connectivity index (χ1) is 15.2. The van der Waals surface area contributed by atoms with Gasteiger partial charge in [0.25, 0.3) is 11.8 Å². The number of anilines is 1. The summed E-state index contributed by atoms with van der Waals surface area (Å²) < 4.78 is 21.8. The first kappa shape index (κ1) is 22.0. The number of fused-ring (bicyclic) bond motifs is 5. The summed E-state index contributed by atoms with van der Waals surface area (Å²) in [4.78, 5) is 23.6. The Hall–Kier alpha value is -3.24. The van der Waals surface area contributed by atoms with Crippen LogP contribution in [-0.4, -0.2) is 49.3 Å². The van der Waals surface area contributed by atoms with Crippen LogP contribution in [0, 0.1) is 12.7 Å². The van der Waals surface area contributed by atoms with Gasteiger partial charge in [-0.3, -0.25) is 9.48 Å². The van der Waals surface area contributed by atoms with Crippen LogP contribution in [0.3, 0.4) is 0 Å². The van der Waals surface area contributed by atoms with Gasteiger partial charge in [0, 0.05) is 23.7 Å². The van der Waals surface area contributed by atoms with Gasteiger partial charge in [-0.1, -0.05) is 11.6 Å². The quantitative estimate of drug-likeness (QED) is 0.603. The van der Waals surface area contributed by atoms with Crippen LogP contribution in [0.15, 0.2) is 18.3 Å². The zero-order valence-electron chi connectivity index (χ0n) is 17.8. The van der Waals surface area contributed by atoms with E-state index in [0.717, 1.165) is 6.07 Å². The molecule has 3 N–H and O–H groups in total. The molecule has 168 valence electrons. The van der Waals surface area contributed by atoms with Crippen LogP contribution in [-0.2, 0) is 13.1 Å². The van der Waals surface area contributed by atoms with Crippen molar-refractivity contribution >= 4 is 23.3 Å². The molecule has 0 unspecified atom stereocenters. The molecule has 0 fully saturated rings. The van der Waals surface area contributed by atoms with Crippen LogP contribution in [0.5, 0.6) is 5.88 Å². The number of nitrogens with zero attached hydrogens (tertiary/aromatic N) is 5. The molecule has 0 saturated carbocycles. The summed E-state index contributed by atoms with van der Waals surface area (Å²) in [5.74, 6) is -0.976. The Morgan fingerprint density at radius 2 is 2.16 bits per heavy atom. The fourth-order valence-corrected chi connectivity index (χ4v) is 4.19. The average Bonchev–Trinajstić information content (AvgIpc) is 3.05. The number of aliphatic hydroxyl groups is 1. The van der Waals surface area contributed by atoms with Crippen molar-refractivity contribution in [3.8, 4) is 17.1 Å². The van der Waals surface area contributed by atoms with E-state index in [1.807, 2.05) is 0 Å². The molecule has 0 spiro atoms. The number of halogens is 2. The van der Waals surface area contributed by atoms with Gasteiger partial charge in [0.05, 0.1) is 48.0 Å². The van der Waals surface area contributed by atoms with Gasteiger partial charge in [-0.25, -0.2) is 14.4 Å². The zero-order chi connectivity index (χ0) is 23.2. The van der Waals surface area contributed by atoms with Gasteiger partial charge in [0.2, 0.25) is 0 Å². The Morgan fingerprint density at radius 3 is 2.88 bits per heavy atom. The largest absolute Gasteiger partial charge is 0.467 e. The van der Waals surface area contributed by atoms with Crippen LogP contribution in [0.25, 0.3) is 11.3 Å². The van der Waals surface area contributed by atoms with E-state index in [-0.39, 0.29) is 53.5 Å². The van der Waals surface area contributed by atoms with Crippen LogP contribution >= 0.6 is 11.6 Å². The van der Waals surface area contributed by atoms with Crippen molar-refractivity contribution in [1.82, 2.24) is 24.6 Å². The lowest BCUT2D eigenvalue weighted by Gasteiger charge is -2.25. The average molecular weight is 461 g/mol. The molecule has 1 atom stereocenters. The minimum Gasteiger partial charge on any atom is -0.467 e. The van der Waals surface area contributed by atoms with Crippen LogP contribution in [0.2, 0.25) is 5.02 Å². The molecule has 1 amide bonds. The minimum absolute atomic E-state index is 0.0305. The SMILES string of the molecule is Cc1nn(CCO)c2c1-c1cnc(N)c(n1)O[C@@H](C)c1c(ccc(F)c1Cl)C(=O)N(C)C2. The van der Waals surface area contributed by atoms with E-state index in [2.05, 4.69) is 15.1 Å². The minimum atomic E-state index is -0.838. The number of benzene rings is 1. The fourth-order valence-electron chi connectivity index (χ4n) is 3.87. The molecule has 0 radical (unpaired) electrons. The van der Waals surface area contributed by atoms with Crippen LogP contribution in [0.1, 0.15) is 40.3 Å². The first-order valence-corrected chi connectivity index (χ1v) is 10.3. The van der Waals surface area contributed by atoms with Crippen molar-refractivity contribution in [2.75, 3.05) is 19.4 Å². The number of rotatable bonds is 2. The predicted molar refractivity (Wildman–Crippen MR) is 116 cm³/mol. The Morgan fingerprint density at radius 1 is 1.41 bits per heavy atom. The second-order valence-corrected chi connectivity index (χ2v) is 7.92. The highest BCUT2D eigenvalue weighted by molar-refractivity contribution is 6.32. The monoisotopic (exact) mass is 460 g/mol. The first-order valence-electron chi connectivity index (χ1n) is 9.93. The summed E-state index contributed by atoms with van der Waals surface area (Å²) in [6.45, 7) is 3.68. The van der Waals surface area contributed by atoms with Crippen molar-refractivity contribution in [3.05, 3.63) is 51.7 Å². The molecule has 3 aromatic rings. The van der Waals surface area contributed by atoms with Gasteiger partial charge in [-0.15, -0.1) is 0 Å². The van der Waals surface area contributed by atoms with E-state index in [1.54, 1.807) is 25.6 Å². The van der Waals surface area contributed by atoms with E-state index >= 15 is 0 Å². The number of hydrogen-bond acceptors (Lipinski definition) is 7. The Bertz CT molecular complexity index is 1210. The lowest BCUT2D eigenvalue weighted by molar-refractivity contribution is 0.0776. The third kappa shape index (κ3) is 3.65. The summed E-state index contributed by atoms with van der Waals surface area (Å²) in [5.41, 5.74) is 8.79. The standard InChI is InChI=1S/C21H22ClFN6O3/c1-10-16-14-8-25-19(24)20(26-14)32-11(2)17-12(4-5-13(23)18(17)22)21(31)28(3)9-15(16)29(27-10)6-7-30/h4-5,8,11,30H,6-7,9H2,1-3H3,(H2,24,25)/t11-/m0/s1.